The Hall–Kier alpha value is -1.02. The number of pyridine rings is 1. The lowest BCUT2D eigenvalue weighted by Crippen LogP contribution is -1.84. The molecule has 0 bridgehead atoms. The van der Waals surface area contributed by atoms with Crippen molar-refractivity contribution in [2.45, 2.75) is 20.3 Å². The molecule has 0 aromatic carbocycles. The molecule has 13 heavy (non-hydrogen) atoms. The van der Waals surface area contributed by atoms with Gasteiger partial charge >= 0.3 is 0 Å². The Kier molecular flexibility index (Phi) is 2.00. The van der Waals surface area contributed by atoms with Gasteiger partial charge in [0.25, 0.3) is 0 Å². The summed E-state index contributed by atoms with van der Waals surface area (Å²) in [4.78, 5) is 4.44. The normalized spacial score (nSPS) is 11.0. The summed E-state index contributed by atoms with van der Waals surface area (Å²) in [6.07, 6.45) is 4.87. The number of fused-ring (bicyclic) bond motifs is 1. The van der Waals surface area contributed by atoms with Crippen molar-refractivity contribution >= 4 is 17.2 Å². The Morgan fingerprint density at radius 2 is 2.23 bits per heavy atom. The third-order valence-corrected chi connectivity index (χ3v) is 2.54. The molecule has 0 fully saturated rings. The van der Waals surface area contributed by atoms with Crippen LogP contribution in [-0.2, 0) is 6.42 Å². The first kappa shape index (κ1) is 8.57. The molecule has 0 spiro atoms. The van der Waals surface area contributed by atoms with Gasteiger partial charge in [-0.15, -0.1) is 0 Å². The lowest BCUT2D eigenvalue weighted by Gasteiger charge is -1.97. The molecule has 0 N–H and O–H groups in total. The van der Waals surface area contributed by atoms with Crippen LogP contribution in [0, 0.1) is 6.92 Å². The van der Waals surface area contributed by atoms with Crippen LogP contribution < -0.4 is 0 Å². The van der Waals surface area contributed by atoms with Gasteiger partial charge in [-0.1, -0.05) is 18.5 Å². The summed E-state index contributed by atoms with van der Waals surface area (Å²) in [5, 5.41) is 0.785. The van der Waals surface area contributed by atoms with Gasteiger partial charge < -0.3 is 4.40 Å². The second-order valence-corrected chi connectivity index (χ2v) is 3.56. The van der Waals surface area contributed by atoms with Crippen LogP contribution in [0.3, 0.4) is 0 Å². The van der Waals surface area contributed by atoms with Gasteiger partial charge in [0.1, 0.15) is 5.65 Å². The molecule has 0 amide bonds. The third kappa shape index (κ3) is 1.42. The van der Waals surface area contributed by atoms with E-state index in [0.29, 0.717) is 0 Å². The molecule has 0 atom stereocenters. The zero-order valence-electron chi connectivity index (χ0n) is 7.71. The topological polar surface area (TPSA) is 17.3 Å². The molecule has 2 aromatic heterocycles. The summed E-state index contributed by atoms with van der Waals surface area (Å²) in [6.45, 7) is 4.08. The number of hydrogen-bond donors (Lipinski definition) is 0. The average Bonchev–Trinajstić information content (AvgIpc) is 2.48. The van der Waals surface area contributed by atoms with Gasteiger partial charge in [-0.3, -0.25) is 0 Å². The first-order valence-electron chi connectivity index (χ1n) is 4.34. The molecule has 0 aliphatic carbocycles. The van der Waals surface area contributed by atoms with Crippen molar-refractivity contribution in [3.05, 3.63) is 34.7 Å². The Morgan fingerprint density at radius 3 is 2.92 bits per heavy atom. The maximum Gasteiger partial charge on any atom is 0.137 e. The summed E-state index contributed by atoms with van der Waals surface area (Å²) in [7, 11) is 0. The van der Waals surface area contributed by atoms with Gasteiger partial charge in [-0.2, -0.15) is 0 Å². The summed E-state index contributed by atoms with van der Waals surface area (Å²) < 4.78 is 1.97. The van der Waals surface area contributed by atoms with E-state index < -0.39 is 0 Å². The molecule has 68 valence electrons. The highest BCUT2D eigenvalue weighted by molar-refractivity contribution is 6.31. The minimum atomic E-state index is 0.785. The van der Waals surface area contributed by atoms with E-state index in [4.69, 9.17) is 11.6 Å². The number of nitrogens with zero attached hydrogens (tertiary/aromatic N) is 2. The van der Waals surface area contributed by atoms with Crippen LogP contribution in [0.5, 0.6) is 0 Å². The summed E-state index contributed by atoms with van der Waals surface area (Å²) in [6, 6.07) is 2.00. The standard InChI is InChI=1S/C10H11ClN2/c1-3-8-5-13-6-9(11)7(2)4-10(13)12-8/h4-6H,3H2,1-2H3. The van der Waals surface area contributed by atoms with Crippen LogP contribution in [0.15, 0.2) is 18.5 Å². The lowest BCUT2D eigenvalue weighted by atomic mass is 10.3. The van der Waals surface area contributed by atoms with E-state index in [9.17, 15) is 0 Å². The van der Waals surface area contributed by atoms with E-state index in [0.717, 1.165) is 28.3 Å². The molecule has 0 saturated carbocycles. The fourth-order valence-electron chi connectivity index (χ4n) is 1.33. The number of rotatable bonds is 1. The number of imidazole rings is 1. The van der Waals surface area contributed by atoms with Gasteiger partial charge in [-0.25, -0.2) is 4.98 Å². The molecular weight excluding hydrogens is 184 g/mol. The van der Waals surface area contributed by atoms with Crippen molar-refractivity contribution in [2.24, 2.45) is 0 Å². The van der Waals surface area contributed by atoms with Crippen molar-refractivity contribution in [3.63, 3.8) is 0 Å². The van der Waals surface area contributed by atoms with Gasteiger partial charge in [-0.05, 0) is 25.0 Å². The van der Waals surface area contributed by atoms with Crippen LogP contribution in [0.4, 0.5) is 0 Å². The van der Waals surface area contributed by atoms with Crippen LogP contribution in [0.2, 0.25) is 5.02 Å². The SMILES string of the molecule is CCc1cn2cc(Cl)c(C)cc2n1. The van der Waals surface area contributed by atoms with E-state index in [2.05, 4.69) is 11.9 Å². The zero-order chi connectivity index (χ0) is 9.42. The fourth-order valence-corrected chi connectivity index (χ4v) is 1.49. The highest BCUT2D eigenvalue weighted by Crippen LogP contribution is 2.17. The van der Waals surface area contributed by atoms with E-state index in [-0.39, 0.29) is 0 Å². The van der Waals surface area contributed by atoms with Crippen molar-refractivity contribution in [1.82, 2.24) is 9.38 Å². The van der Waals surface area contributed by atoms with Crippen LogP contribution >= 0.6 is 11.6 Å². The van der Waals surface area contributed by atoms with E-state index in [1.54, 1.807) is 0 Å². The summed E-state index contributed by atoms with van der Waals surface area (Å²) in [5.41, 5.74) is 3.14. The highest BCUT2D eigenvalue weighted by Gasteiger charge is 2.02. The largest absolute Gasteiger partial charge is 0.305 e. The average molecular weight is 195 g/mol. The molecule has 3 heteroatoms. The summed E-state index contributed by atoms with van der Waals surface area (Å²) >= 11 is 5.99. The Labute approximate surface area is 82.2 Å². The first-order chi connectivity index (χ1) is 6.20. The third-order valence-electron chi connectivity index (χ3n) is 2.15. The lowest BCUT2D eigenvalue weighted by molar-refractivity contribution is 1.07. The molecule has 0 unspecified atom stereocenters. The van der Waals surface area contributed by atoms with E-state index in [1.165, 1.54) is 0 Å². The molecular formula is C10H11ClN2. The summed E-state index contributed by atoms with van der Waals surface area (Å²) in [5.74, 6) is 0. The Bertz CT molecular complexity index is 406. The molecule has 2 rings (SSSR count). The van der Waals surface area contributed by atoms with Crippen molar-refractivity contribution < 1.29 is 0 Å². The minimum absolute atomic E-state index is 0.785. The van der Waals surface area contributed by atoms with Gasteiger partial charge in [0.15, 0.2) is 0 Å². The molecule has 0 aliphatic rings. The van der Waals surface area contributed by atoms with Crippen LogP contribution in [0.1, 0.15) is 18.2 Å². The van der Waals surface area contributed by atoms with Crippen molar-refractivity contribution in [1.29, 1.82) is 0 Å². The first-order valence-corrected chi connectivity index (χ1v) is 4.72. The van der Waals surface area contributed by atoms with E-state index >= 15 is 0 Å². The molecule has 0 radical (unpaired) electrons. The van der Waals surface area contributed by atoms with Gasteiger partial charge in [0, 0.05) is 12.4 Å². The second kappa shape index (κ2) is 3.04. The van der Waals surface area contributed by atoms with Gasteiger partial charge in [0.2, 0.25) is 0 Å². The fraction of sp³-hybridized carbons (Fsp3) is 0.300. The Balaban J connectivity index is 2.70. The van der Waals surface area contributed by atoms with Crippen LogP contribution in [-0.4, -0.2) is 9.38 Å². The molecule has 2 aromatic rings. The Morgan fingerprint density at radius 1 is 1.46 bits per heavy atom. The van der Waals surface area contributed by atoms with Crippen molar-refractivity contribution in [3.8, 4) is 0 Å². The number of aryl methyl sites for hydroxylation is 2. The minimum Gasteiger partial charge on any atom is -0.305 e. The van der Waals surface area contributed by atoms with Crippen LogP contribution in [0.25, 0.3) is 5.65 Å². The maximum atomic E-state index is 5.99. The monoisotopic (exact) mass is 194 g/mol. The maximum absolute atomic E-state index is 5.99. The van der Waals surface area contributed by atoms with E-state index in [1.807, 2.05) is 29.8 Å². The number of halogens is 1. The molecule has 2 nitrogen and oxygen atoms in total. The molecule has 0 saturated heterocycles. The smallest absolute Gasteiger partial charge is 0.137 e. The van der Waals surface area contributed by atoms with Crippen molar-refractivity contribution in [2.75, 3.05) is 0 Å². The van der Waals surface area contributed by atoms with Gasteiger partial charge in [0.05, 0.1) is 10.7 Å². The number of hydrogen-bond acceptors (Lipinski definition) is 1. The highest BCUT2D eigenvalue weighted by atomic mass is 35.5. The zero-order valence-corrected chi connectivity index (χ0v) is 8.47. The quantitative estimate of drug-likeness (QED) is 0.683. The molecule has 2 heterocycles. The predicted molar refractivity (Wildman–Crippen MR) is 54.3 cm³/mol. The second-order valence-electron chi connectivity index (χ2n) is 3.16. The molecule has 0 aliphatic heterocycles. The number of aromatic nitrogens is 2. The predicted octanol–water partition coefficient (Wildman–Crippen LogP) is 2.86.